The van der Waals surface area contributed by atoms with Crippen LogP contribution in [0.1, 0.15) is 80.7 Å². The lowest BCUT2D eigenvalue weighted by atomic mass is 9.74. The standard InChI is InChI=1S/C24H42O3/c1-19(2)25-16-15-22(4,5)24(8,9)27-20(3)17-23(6,7)26-18-21-13-11-10-12-14-21/h10-14,19-20H,15-18H2,1-9H3. The first-order valence-electron chi connectivity index (χ1n) is 10.3. The van der Waals surface area contributed by atoms with Gasteiger partial charge in [0.15, 0.2) is 0 Å². The van der Waals surface area contributed by atoms with Crippen molar-refractivity contribution in [3.63, 3.8) is 0 Å². The van der Waals surface area contributed by atoms with Gasteiger partial charge in [-0.2, -0.15) is 0 Å². The van der Waals surface area contributed by atoms with Crippen molar-refractivity contribution >= 4 is 0 Å². The number of ether oxygens (including phenoxy) is 3. The van der Waals surface area contributed by atoms with Crippen molar-refractivity contribution in [2.75, 3.05) is 6.61 Å². The van der Waals surface area contributed by atoms with Crippen LogP contribution in [0.5, 0.6) is 0 Å². The van der Waals surface area contributed by atoms with E-state index in [-0.39, 0.29) is 28.8 Å². The summed E-state index contributed by atoms with van der Waals surface area (Å²) in [4.78, 5) is 0. The summed E-state index contributed by atoms with van der Waals surface area (Å²) in [6.07, 6.45) is 2.20. The van der Waals surface area contributed by atoms with E-state index in [1.165, 1.54) is 5.56 Å². The van der Waals surface area contributed by atoms with E-state index in [0.717, 1.165) is 19.4 Å². The van der Waals surface area contributed by atoms with Crippen LogP contribution in [0.4, 0.5) is 0 Å². The number of hydrogen-bond acceptors (Lipinski definition) is 3. The molecule has 1 atom stereocenters. The van der Waals surface area contributed by atoms with Crippen LogP contribution in [-0.2, 0) is 20.8 Å². The van der Waals surface area contributed by atoms with E-state index in [1.807, 2.05) is 18.2 Å². The van der Waals surface area contributed by atoms with E-state index in [0.29, 0.717) is 6.61 Å². The number of benzene rings is 1. The van der Waals surface area contributed by atoms with Crippen molar-refractivity contribution in [1.82, 2.24) is 0 Å². The van der Waals surface area contributed by atoms with Crippen LogP contribution in [0.15, 0.2) is 30.3 Å². The molecular weight excluding hydrogens is 336 g/mol. The molecule has 3 heteroatoms. The highest BCUT2D eigenvalue weighted by Crippen LogP contribution is 2.39. The Morgan fingerprint density at radius 2 is 1.48 bits per heavy atom. The molecule has 0 aliphatic heterocycles. The third kappa shape index (κ3) is 8.76. The van der Waals surface area contributed by atoms with Crippen molar-refractivity contribution in [2.45, 2.75) is 105 Å². The summed E-state index contributed by atoms with van der Waals surface area (Å²) in [5.41, 5.74) is 0.731. The van der Waals surface area contributed by atoms with Crippen LogP contribution in [-0.4, -0.2) is 30.0 Å². The zero-order valence-corrected chi connectivity index (χ0v) is 19.1. The van der Waals surface area contributed by atoms with Crippen LogP contribution in [0.25, 0.3) is 0 Å². The fraction of sp³-hybridized carbons (Fsp3) is 0.750. The van der Waals surface area contributed by atoms with Crippen LogP contribution in [0.2, 0.25) is 0 Å². The van der Waals surface area contributed by atoms with Gasteiger partial charge < -0.3 is 14.2 Å². The highest BCUT2D eigenvalue weighted by atomic mass is 16.5. The van der Waals surface area contributed by atoms with E-state index in [1.54, 1.807) is 0 Å². The summed E-state index contributed by atoms with van der Waals surface area (Å²) in [6.45, 7) is 20.9. The molecule has 1 unspecified atom stereocenters. The van der Waals surface area contributed by atoms with Gasteiger partial charge >= 0.3 is 0 Å². The summed E-state index contributed by atoms with van der Waals surface area (Å²) in [7, 11) is 0. The quantitative estimate of drug-likeness (QED) is 0.421. The highest BCUT2D eigenvalue weighted by molar-refractivity contribution is 5.13. The number of hydrogen-bond donors (Lipinski definition) is 0. The van der Waals surface area contributed by atoms with Gasteiger partial charge in [0.05, 0.1) is 30.0 Å². The van der Waals surface area contributed by atoms with Gasteiger partial charge in [-0.3, -0.25) is 0 Å². The summed E-state index contributed by atoms with van der Waals surface area (Å²) < 4.78 is 18.4. The Labute approximate surface area is 167 Å². The highest BCUT2D eigenvalue weighted by Gasteiger charge is 2.39. The molecule has 0 aliphatic rings. The Balaban J connectivity index is 2.55. The molecule has 27 heavy (non-hydrogen) atoms. The fourth-order valence-corrected chi connectivity index (χ4v) is 3.16. The zero-order chi connectivity index (χ0) is 20.7. The molecule has 0 saturated heterocycles. The van der Waals surface area contributed by atoms with E-state index in [4.69, 9.17) is 14.2 Å². The molecule has 1 aromatic rings. The van der Waals surface area contributed by atoms with Gasteiger partial charge in [0.1, 0.15) is 0 Å². The second-order valence-corrected chi connectivity index (χ2v) is 9.73. The lowest BCUT2D eigenvalue weighted by Crippen LogP contribution is -2.45. The molecule has 156 valence electrons. The van der Waals surface area contributed by atoms with Crippen molar-refractivity contribution in [2.24, 2.45) is 5.41 Å². The lowest BCUT2D eigenvalue weighted by Gasteiger charge is -2.44. The average Bonchev–Trinajstić information content (AvgIpc) is 2.52. The van der Waals surface area contributed by atoms with Crippen molar-refractivity contribution < 1.29 is 14.2 Å². The molecule has 0 N–H and O–H groups in total. The largest absolute Gasteiger partial charge is 0.379 e. The third-order valence-electron chi connectivity index (χ3n) is 5.56. The normalized spacial score (nSPS) is 14.6. The Kier molecular flexibility index (Phi) is 8.98. The maximum Gasteiger partial charge on any atom is 0.0724 e. The van der Waals surface area contributed by atoms with Crippen molar-refractivity contribution in [3.8, 4) is 0 Å². The Bertz CT molecular complexity index is 532. The van der Waals surface area contributed by atoms with Crippen LogP contribution < -0.4 is 0 Å². The third-order valence-corrected chi connectivity index (χ3v) is 5.56. The summed E-state index contributed by atoms with van der Waals surface area (Å²) >= 11 is 0. The molecule has 0 radical (unpaired) electrons. The van der Waals surface area contributed by atoms with E-state index in [2.05, 4.69) is 74.4 Å². The first kappa shape index (κ1) is 24.1. The Morgan fingerprint density at radius 1 is 0.889 bits per heavy atom. The van der Waals surface area contributed by atoms with E-state index in [9.17, 15) is 0 Å². The molecule has 0 fully saturated rings. The average molecular weight is 379 g/mol. The predicted molar refractivity (Wildman–Crippen MR) is 114 cm³/mol. The first-order chi connectivity index (χ1) is 12.3. The minimum absolute atomic E-state index is 0.0190. The smallest absolute Gasteiger partial charge is 0.0724 e. The van der Waals surface area contributed by atoms with Crippen molar-refractivity contribution in [3.05, 3.63) is 35.9 Å². The Morgan fingerprint density at radius 3 is 2.04 bits per heavy atom. The van der Waals surface area contributed by atoms with Crippen molar-refractivity contribution in [1.29, 1.82) is 0 Å². The summed E-state index contributed by atoms with van der Waals surface area (Å²) in [6, 6.07) is 10.3. The van der Waals surface area contributed by atoms with Gasteiger partial charge in [0.25, 0.3) is 0 Å². The monoisotopic (exact) mass is 378 g/mol. The minimum atomic E-state index is -0.248. The first-order valence-corrected chi connectivity index (χ1v) is 10.3. The van der Waals surface area contributed by atoms with Crippen LogP contribution in [0.3, 0.4) is 0 Å². The molecular formula is C24H42O3. The maximum absolute atomic E-state index is 6.51. The van der Waals surface area contributed by atoms with Gasteiger partial charge in [0.2, 0.25) is 0 Å². The van der Waals surface area contributed by atoms with Gasteiger partial charge in [-0.25, -0.2) is 0 Å². The molecule has 0 heterocycles. The maximum atomic E-state index is 6.51. The molecule has 0 aliphatic carbocycles. The second kappa shape index (κ2) is 10.0. The lowest BCUT2D eigenvalue weighted by molar-refractivity contribution is -0.159. The number of rotatable bonds is 12. The molecule has 0 spiro atoms. The molecule has 0 bridgehead atoms. The van der Waals surface area contributed by atoms with Crippen LogP contribution >= 0.6 is 0 Å². The molecule has 0 saturated carbocycles. The predicted octanol–water partition coefficient (Wildman–Crippen LogP) is 6.40. The molecule has 0 amide bonds. The molecule has 1 aromatic carbocycles. The fourth-order valence-electron chi connectivity index (χ4n) is 3.16. The van der Waals surface area contributed by atoms with Gasteiger partial charge in [-0.05, 0) is 65.9 Å². The van der Waals surface area contributed by atoms with E-state index < -0.39 is 0 Å². The molecule has 0 aromatic heterocycles. The van der Waals surface area contributed by atoms with Gasteiger partial charge in [0, 0.05) is 13.0 Å². The van der Waals surface area contributed by atoms with E-state index >= 15 is 0 Å². The van der Waals surface area contributed by atoms with Gasteiger partial charge in [-0.15, -0.1) is 0 Å². The Hall–Kier alpha value is -0.900. The SMILES string of the molecule is CC(C)OCCC(C)(C)C(C)(C)OC(C)CC(C)(C)OCc1ccccc1. The van der Waals surface area contributed by atoms with Gasteiger partial charge in [-0.1, -0.05) is 44.2 Å². The zero-order valence-electron chi connectivity index (χ0n) is 19.1. The topological polar surface area (TPSA) is 27.7 Å². The second-order valence-electron chi connectivity index (χ2n) is 9.73. The minimum Gasteiger partial charge on any atom is -0.379 e. The van der Waals surface area contributed by atoms with Crippen LogP contribution in [0, 0.1) is 5.41 Å². The molecule has 1 rings (SSSR count). The molecule has 3 nitrogen and oxygen atoms in total. The summed E-state index contributed by atoms with van der Waals surface area (Å²) in [5, 5.41) is 0. The summed E-state index contributed by atoms with van der Waals surface area (Å²) in [5.74, 6) is 0.